The first-order valence-electron chi connectivity index (χ1n) is 18.6. The Balaban J connectivity index is 1.09. The van der Waals surface area contributed by atoms with E-state index in [-0.39, 0.29) is 11.8 Å². The van der Waals surface area contributed by atoms with Crippen molar-refractivity contribution in [3.8, 4) is 22.5 Å². The standard InChI is InChI=1S/C51H36N2/c1-33-40(38-25-29-48-45(32-38)43-19-9-11-21-46(43)52(48)39-26-23-34-13-5-6-17-37(34)31-39)28-30-49-50(33)44-20-10-12-22-47(44)53(49)51-41-18-8-7-16-36(41)24-27-42(51)35-14-3-2-4-15-35/h2-33,40H,1H3. The molecule has 8 aromatic carbocycles. The number of nitrogens with zero attached hydrogens (tertiary/aromatic N) is 2. The Labute approximate surface area is 308 Å². The van der Waals surface area contributed by atoms with Crippen LogP contribution in [0.15, 0.2) is 182 Å². The van der Waals surface area contributed by atoms with Crippen molar-refractivity contribution in [1.82, 2.24) is 9.13 Å². The van der Waals surface area contributed by atoms with Crippen LogP contribution in [0, 0.1) is 0 Å². The molecule has 0 saturated heterocycles. The quantitative estimate of drug-likeness (QED) is 0.176. The third kappa shape index (κ3) is 4.52. The lowest BCUT2D eigenvalue weighted by Gasteiger charge is -2.27. The summed E-state index contributed by atoms with van der Waals surface area (Å²) in [5, 5.41) is 8.92. The van der Waals surface area contributed by atoms with Gasteiger partial charge in [0.1, 0.15) is 0 Å². The molecule has 1 aliphatic carbocycles. The minimum Gasteiger partial charge on any atom is -0.309 e. The van der Waals surface area contributed by atoms with E-state index in [1.165, 1.54) is 93.6 Å². The van der Waals surface area contributed by atoms with Crippen LogP contribution in [-0.2, 0) is 0 Å². The summed E-state index contributed by atoms with van der Waals surface area (Å²) in [4.78, 5) is 0. The van der Waals surface area contributed by atoms with Crippen LogP contribution in [0.2, 0.25) is 0 Å². The number of rotatable bonds is 4. The second-order valence-corrected chi connectivity index (χ2v) is 14.5. The average molecular weight is 677 g/mol. The molecule has 0 radical (unpaired) electrons. The number of hydrogen-bond acceptors (Lipinski definition) is 0. The van der Waals surface area contributed by atoms with Crippen LogP contribution >= 0.6 is 0 Å². The predicted molar refractivity (Wildman–Crippen MR) is 225 cm³/mol. The lowest BCUT2D eigenvalue weighted by Crippen LogP contribution is -2.12. The van der Waals surface area contributed by atoms with Gasteiger partial charge in [0.25, 0.3) is 0 Å². The molecule has 11 rings (SSSR count). The molecule has 0 amide bonds. The molecule has 0 aliphatic heterocycles. The summed E-state index contributed by atoms with van der Waals surface area (Å²) in [6.45, 7) is 2.42. The van der Waals surface area contributed by atoms with Crippen LogP contribution in [0.1, 0.15) is 35.6 Å². The van der Waals surface area contributed by atoms with Crippen molar-refractivity contribution in [2.45, 2.75) is 18.8 Å². The number of allylic oxidation sites excluding steroid dienone is 1. The number of aromatic nitrogens is 2. The summed E-state index contributed by atoms with van der Waals surface area (Å²) in [6, 6.07) is 64.7. The smallest absolute Gasteiger partial charge is 0.0618 e. The molecule has 0 bridgehead atoms. The summed E-state index contributed by atoms with van der Waals surface area (Å²) >= 11 is 0. The van der Waals surface area contributed by atoms with Crippen molar-refractivity contribution >= 4 is 60.3 Å². The molecule has 2 nitrogen and oxygen atoms in total. The lowest BCUT2D eigenvalue weighted by molar-refractivity contribution is 0.672. The van der Waals surface area contributed by atoms with E-state index >= 15 is 0 Å². The first kappa shape index (κ1) is 30.0. The number of fused-ring (bicyclic) bond motifs is 8. The van der Waals surface area contributed by atoms with Crippen molar-refractivity contribution < 1.29 is 0 Å². The molecule has 2 atom stereocenters. The number of hydrogen-bond donors (Lipinski definition) is 0. The van der Waals surface area contributed by atoms with Crippen molar-refractivity contribution in [3.63, 3.8) is 0 Å². The number of benzene rings is 8. The van der Waals surface area contributed by atoms with Crippen LogP contribution < -0.4 is 0 Å². The van der Waals surface area contributed by atoms with Gasteiger partial charge in [0.05, 0.1) is 27.9 Å². The summed E-state index contributed by atoms with van der Waals surface area (Å²) in [5.74, 6) is 0.498. The molecule has 0 N–H and O–H groups in total. The zero-order chi connectivity index (χ0) is 35.0. The zero-order valence-corrected chi connectivity index (χ0v) is 29.4. The maximum atomic E-state index is 2.54. The highest BCUT2D eigenvalue weighted by Gasteiger charge is 2.31. The van der Waals surface area contributed by atoms with Gasteiger partial charge in [-0.25, -0.2) is 0 Å². The van der Waals surface area contributed by atoms with Gasteiger partial charge in [-0.2, -0.15) is 0 Å². The fraction of sp³-hybridized carbons (Fsp3) is 0.0588. The molecule has 2 aromatic heterocycles. The van der Waals surface area contributed by atoms with Crippen LogP contribution in [-0.4, -0.2) is 9.13 Å². The Morgan fingerprint density at radius 3 is 1.92 bits per heavy atom. The summed E-state index contributed by atoms with van der Waals surface area (Å²) in [6.07, 6.45) is 4.86. The summed E-state index contributed by atoms with van der Waals surface area (Å²) < 4.78 is 4.97. The Bertz CT molecular complexity index is 3080. The molecule has 1 aliphatic rings. The van der Waals surface area contributed by atoms with E-state index in [2.05, 4.69) is 204 Å². The average Bonchev–Trinajstić information content (AvgIpc) is 3.73. The van der Waals surface area contributed by atoms with E-state index < -0.39 is 0 Å². The van der Waals surface area contributed by atoms with E-state index in [1.807, 2.05) is 0 Å². The highest BCUT2D eigenvalue weighted by molar-refractivity contribution is 6.10. The van der Waals surface area contributed by atoms with E-state index in [1.54, 1.807) is 0 Å². The molecule has 0 fully saturated rings. The Morgan fingerprint density at radius 2 is 1.09 bits per heavy atom. The SMILES string of the molecule is CC1c2c(n(-c3c(-c4ccccc4)ccc4ccccc34)c3ccccc23)C=CC1c1ccc2c(c1)c1ccccc1n2-c1ccc2ccccc2c1. The van der Waals surface area contributed by atoms with Gasteiger partial charge >= 0.3 is 0 Å². The van der Waals surface area contributed by atoms with Crippen molar-refractivity contribution in [3.05, 3.63) is 199 Å². The van der Waals surface area contributed by atoms with Crippen LogP contribution in [0.4, 0.5) is 0 Å². The third-order valence-electron chi connectivity index (χ3n) is 11.7. The minimum absolute atomic E-state index is 0.232. The van der Waals surface area contributed by atoms with Crippen molar-refractivity contribution in [1.29, 1.82) is 0 Å². The fourth-order valence-electron chi connectivity index (χ4n) is 9.25. The molecule has 2 heteroatoms. The van der Waals surface area contributed by atoms with Crippen molar-refractivity contribution in [2.24, 2.45) is 0 Å². The second-order valence-electron chi connectivity index (χ2n) is 14.5. The van der Waals surface area contributed by atoms with Crippen LogP contribution in [0.3, 0.4) is 0 Å². The highest BCUT2D eigenvalue weighted by Crippen LogP contribution is 2.48. The molecule has 53 heavy (non-hydrogen) atoms. The van der Waals surface area contributed by atoms with E-state index in [0.29, 0.717) is 0 Å². The maximum absolute atomic E-state index is 2.54. The molecule has 250 valence electrons. The second kappa shape index (κ2) is 11.7. The maximum Gasteiger partial charge on any atom is 0.0618 e. The topological polar surface area (TPSA) is 9.86 Å². The normalized spacial score (nSPS) is 15.6. The van der Waals surface area contributed by atoms with Gasteiger partial charge in [0.15, 0.2) is 0 Å². The van der Waals surface area contributed by atoms with Gasteiger partial charge in [0, 0.05) is 38.7 Å². The largest absolute Gasteiger partial charge is 0.309 e. The van der Waals surface area contributed by atoms with Gasteiger partial charge < -0.3 is 9.13 Å². The zero-order valence-electron chi connectivity index (χ0n) is 29.4. The van der Waals surface area contributed by atoms with Crippen molar-refractivity contribution in [2.75, 3.05) is 0 Å². The highest BCUT2D eigenvalue weighted by atomic mass is 15.0. The van der Waals surface area contributed by atoms with Gasteiger partial charge in [-0.05, 0) is 81.2 Å². The minimum atomic E-state index is 0.232. The first-order valence-corrected chi connectivity index (χ1v) is 18.6. The van der Waals surface area contributed by atoms with E-state index in [4.69, 9.17) is 0 Å². The summed E-state index contributed by atoms with van der Waals surface area (Å²) in [5.41, 5.74) is 12.6. The monoisotopic (exact) mass is 676 g/mol. The van der Waals surface area contributed by atoms with E-state index in [0.717, 1.165) is 0 Å². The molecule has 10 aromatic rings. The van der Waals surface area contributed by atoms with Gasteiger partial charge in [-0.15, -0.1) is 0 Å². The van der Waals surface area contributed by atoms with Crippen LogP contribution in [0.5, 0.6) is 0 Å². The molecular weight excluding hydrogens is 641 g/mol. The third-order valence-corrected chi connectivity index (χ3v) is 11.7. The Kier molecular flexibility index (Phi) is 6.63. The molecule has 2 heterocycles. The van der Waals surface area contributed by atoms with E-state index in [9.17, 15) is 0 Å². The molecule has 0 saturated carbocycles. The lowest BCUT2D eigenvalue weighted by atomic mass is 9.78. The number of para-hydroxylation sites is 2. The molecular formula is C51H36N2. The Morgan fingerprint density at radius 1 is 0.453 bits per heavy atom. The predicted octanol–water partition coefficient (Wildman–Crippen LogP) is 13.6. The molecule has 2 unspecified atom stereocenters. The van der Waals surface area contributed by atoms with Gasteiger partial charge in [-0.1, -0.05) is 153 Å². The van der Waals surface area contributed by atoms with Crippen LogP contribution in [0.25, 0.3) is 82.8 Å². The fourth-order valence-corrected chi connectivity index (χ4v) is 9.25. The summed E-state index contributed by atoms with van der Waals surface area (Å²) in [7, 11) is 0. The van der Waals surface area contributed by atoms with Gasteiger partial charge in [-0.3, -0.25) is 0 Å². The Hall–Kier alpha value is -6.64. The van der Waals surface area contributed by atoms with Gasteiger partial charge in [0.2, 0.25) is 0 Å². The first-order chi connectivity index (χ1) is 26.2. The molecule has 0 spiro atoms.